The van der Waals surface area contributed by atoms with Gasteiger partial charge in [-0.2, -0.15) is 0 Å². The van der Waals surface area contributed by atoms with Crippen LogP contribution in [0.15, 0.2) is 4.42 Å². The maximum Gasteiger partial charge on any atom is 0.339 e. The highest BCUT2D eigenvalue weighted by molar-refractivity contribution is 7.98. The van der Waals surface area contributed by atoms with E-state index in [1.807, 2.05) is 0 Å². The molecular weight excluding hydrogens is 224 g/mol. The number of hydrogen-bond acceptors (Lipinski definition) is 3. The zero-order valence-electron chi connectivity index (χ0n) is 8.99. The summed E-state index contributed by atoms with van der Waals surface area (Å²) >= 11 is 1.74. The number of aromatic carboxylic acids is 1. The largest absolute Gasteiger partial charge is 0.478 e. The zero-order valence-corrected chi connectivity index (χ0v) is 9.81. The Morgan fingerprint density at radius 3 is 2.75 bits per heavy atom. The monoisotopic (exact) mass is 238 g/mol. The predicted octanol–water partition coefficient (Wildman–Crippen LogP) is 3.38. The van der Waals surface area contributed by atoms with Crippen molar-refractivity contribution in [2.24, 2.45) is 0 Å². The standard InChI is InChI=1S/C12H14O3S/c13-12(14)10-8-5-16-6-9(8)15-11(10)7-3-1-2-4-7/h7H,1-6H2,(H,13,14). The van der Waals surface area contributed by atoms with Crippen LogP contribution in [0.2, 0.25) is 0 Å². The van der Waals surface area contributed by atoms with E-state index in [2.05, 4.69) is 0 Å². The molecule has 0 spiro atoms. The molecule has 3 nitrogen and oxygen atoms in total. The van der Waals surface area contributed by atoms with E-state index in [0.29, 0.717) is 11.5 Å². The third-order valence-corrected chi connectivity index (χ3v) is 4.50. The van der Waals surface area contributed by atoms with Gasteiger partial charge in [-0.1, -0.05) is 12.8 Å². The lowest BCUT2D eigenvalue weighted by molar-refractivity contribution is 0.0693. The molecule has 0 amide bonds. The first kappa shape index (κ1) is 10.3. The van der Waals surface area contributed by atoms with Crippen LogP contribution >= 0.6 is 11.8 Å². The molecule has 1 saturated carbocycles. The minimum atomic E-state index is -0.811. The van der Waals surface area contributed by atoms with Gasteiger partial charge >= 0.3 is 5.97 Å². The lowest BCUT2D eigenvalue weighted by atomic mass is 9.99. The molecule has 1 aliphatic carbocycles. The molecule has 86 valence electrons. The molecule has 3 rings (SSSR count). The van der Waals surface area contributed by atoms with Gasteiger partial charge in [0.2, 0.25) is 0 Å². The van der Waals surface area contributed by atoms with Crippen LogP contribution in [0, 0.1) is 0 Å². The van der Waals surface area contributed by atoms with E-state index in [0.717, 1.165) is 41.4 Å². The molecule has 0 atom stereocenters. The van der Waals surface area contributed by atoms with Crippen LogP contribution in [-0.4, -0.2) is 11.1 Å². The summed E-state index contributed by atoms with van der Waals surface area (Å²) in [5.41, 5.74) is 1.42. The smallest absolute Gasteiger partial charge is 0.339 e. The van der Waals surface area contributed by atoms with E-state index in [4.69, 9.17) is 4.42 Å². The summed E-state index contributed by atoms with van der Waals surface area (Å²) in [5, 5.41) is 9.31. The van der Waals surface area contributed by atoms with Crippen molar-refractivity contribution in [3.8, 4) is 0 Å². The molecule has 2 heterocycles. The fourth-order valence-corrected chi connectivity index (χ4v) is 3.79. The van der Waals surface area contributed by atoms with Gasteiger partial charge < -0.3 is 9.52 Å². The number of carboxylic acid groups (broad SMARTS) is 1. The second-order valence-electron chi connectivity index (χ2n) is 4.52. The van der Waals surface area contributed by atoms with Crippen molar-refractivity contribution >= 4 is 17.7 Å². The summed E-state index contributed by atoms with van der Waals surface area (Å²) in [6.07, 6.45) is 4.56. The fourth-order valence-electron chi connectivity index (χ4n) is 2.76. The molecule has 1 N–H and O–H groups in total. The van der Waals surface area contributed by atoms with Crippen LogP contribution in [0.5, 0.6) is 0 Å². The third kappa shape index (κ3) is 1.47. The summed E-state index contributed by atoms with van der Waals surface area (Å²) in [7, 11) is 0. The van der Waals surface area contributed by atoms with Crippen LogP contribution in [0.4, 0.5) is 0 Å². The van der Waals surface area contributed by atoms with Crippen LogP contribution < -0.4 is 0 Å². The topological polar surface area (TPSA) is 50.4 Å². The molecular formula is C12H14O3S. The minimum absolute atomic E-state index is 0.349. The first-order valence-corrected chi connectivity index (χ1v) is 6.88. The second-order valence-corrected chi connectivity index (χ2v) is 5.51. The average Bonchev–Trinajstić information content (AvgIpc) is 2.92. The van der Waals surface area contributed by atoms with E-state index >= 15 is 0 Å². The Labute approximate surface area is 98.2 Å². The molecule has 1 fully saturated rings. The van der Waals surface area contributed by atoms with Crippen molar-refractivity contribution in [3.05, 3.63) is 22.6 Å². The Kier molecular flexibility index (Phi) is 2.46. The van der Waals surface area contributed by atoms with Gasteiger partial charge in [0, 0.05) is 17.2 Å². The van der Waals surface area contributed by atoms with E-state index in [1.54, 1.807) is 11.8 Å². The molecule has 1 aromatic heterocycles. The van der Waals surface area contributed by atoms with Gasteiger partial charge in [0.1, 0.15) is 17.1 Å². The summed E-state index contributed by atoms with van der Waals surface area (Å²) in [6.45, 7) is 0. The van der Waals surface area contributed by atoms with Crippen molar-refractivity contribution in [1.29, 1.82) is 0 Å². The van der Waals surface area contributed by atoms with Crippen molar-refractivity contribution < 1.29 is 14.3 Å². The molecule has 0 radical (unpaired) electrons. The molecule has 0 saturated heterocycles. The van der Waals surface area contributed by atoms with Crippen molar-refractivity contribution in [2.45, 2.75) is 43.1 Å². The first-order chi connectivity index (χ1) is 7.77. The zero-order chi connectivity index (χ0) is 11.1. The molecule has 1 aliphatic heterocycles. The summed E-state index contributed by atoms with van der Waals surface area (Å²) in [5.74, 6) is 2.84. The second kappa shape index (κ2) is 3.84. The number of carbonyl (C=O) groups is 1. The molecule has 0 aromatic carbocycles. The maximum atomic E-state index is 11.3. The highest BCUT2D eigenvalue weighted by Gasteiger charge is 2.33. The van der Waals surface area contributed by atoms with Crippen molar-refractivity contribution in [1.82, 2.24) is 0 Å². The Morgan fingerprint density at radius 2 is 2.06 bits per heavy atom. The van der Waals surface area contributed by atoms with Gasteiger partial charge in [-0.15, -0.1) is 11.8 Å². The normalized spacial score (nSPS) is 20.2. The van der Waals surface area contributed by atoms with Crippen LogP contribution in [0.1, 0.15) is 59.0 Å². The lowest BCUT2D eigenvalue weighted by Crippen LogP contribution is -2.04. The van der Waals surface area contributed by atoms with E-state index in [1.165, 1.54) is 12.8 Å². The van der Waals surface area contributed by atoms with Crippen molar-refractivity contribution in [2.75, 3.05) is 0 Å². The van der Waals surface area contributed by atoms with Gasteiger partial charge in [0.05, 0.1) is 5.75 Å². The van der Waals surface area contributed by atoms with Gasteiger partial charge in [0.25, 0.3) is 0 Å². The number of thioether (sulfide) groups is 1. The number of furan rings is 1. The van der Waals surface area contributed by atoms with Crippen molar-refractivity contribution in [3.63, 3.8) is 0 Å². The molecule has 16 heavy (non-hydrogen) atoms. The lowest BCUT2D eigenvalue weighted by Gasteiger charge is -2.07. The molecule has 4 heteroatoms. The van der Waals surface area contributed by atoms with Crippen LogP contribution in [0.25, 0.3) is 0 Å². The van der Waals surface area contributed by atoms with E-state index in [9.17, 15) is 9.90 Å². The maximum absolute atomic E-state index is 11.3. The molecule has 0 unspecified atom stereocenters. The molecule has 1 aromatic rings. The van der Waals surface area contributed by atoms with Gasteiger partial charge in [0.15, 0.2) is 0 Å². The quantitative estimate of drug-likeness (QED) is 0.858. The number of rotatable bonds is 2. The Morgan fingerprint density at radius 1 is 1.31 bits per heavy atom. The predicted molar refractivity (Wildman–Crippen MR) is 61.9 cm³/mol. The minimum Gasteiger partial charge on any atom is -0.478 e. The third-order valence-electron chi connectivity index (χ3n) is 3.54. The Hall–Kier alpha value is -0.900. The average molecular weight is 238 g/mol. The summed E-state index contributed by atoms with van der Waals surface area (Å²) in [6, 6.07) is 0. The Balaban J connectivity index is 2.06. The molecule has 2 aliphatic rings. The number of carboxylic acids is 1. The highest BCUT2D eigenvalue weighted by Crippen LogP contribution is 2.43. The van der Waals surface area contributed by atoms with Crippen LogP contribution in [-0.2, 0) is 11.5 Å². The van der Waals surface area contributed by atoms with Gasteiger partial charge in [-0.05, 0) is 12.8 Å². The highest BCUT2D eigenvalue weighted by atomic mass is 32.2. The summed E-state index contributed by atoms with van der Waals surface area (Å²) in [4.78, 5) is 11.3. The van der Waals surface area contributed by atoms with Gasteiger partial charge in [-0.25, -0.2) is 4.79 Å². The first-order valence-electron chi connectivity index (χ1n) is 5.73. The number of hydrogen-bond donors (Lipinski definition) is 1. The van der Waals surface area contributed by atoms with E-state index in [-0.39, 0.29) is 0 Å². The van der Waals surface area contributed by atoms with Gasteiger partial charge in [-0.3, -0.25) is 0 Å². The van der Waals surface area contributed by atoms with E-state index < -0.39 is 5.97 Å². The van der Waals surface area contributed by atoms with Crippen LogP contribution in [0.3, 0.4) is 0 Å². The molecule has 0 bridgehead atoms. The SMILES string of the molecule is O=C(O)c1c(C2CCCC2)oc2c1CSC2. The summed E-state index contributed by atoms with van der Waals surface area (Å²) < 4.78 is 5.80. The Bertz CT molecular complexity index is 430. The fraction of sp³-hybridized carbons (Fsp3) is 0.583. The number of fused-ring (bicyclic) bond motifs is 1.